The van der Waals surface area contributed by atoms with E-state index in [1.807, 2.05) is 31.2 Å². The fourth-order valence-electron chi connectivity index (χ4n) is 1.73. The lowest BCUT2D eigenvalue weighted by Crippen LogP contribution is -2.14. The maximum Gasteiger partial charge on any atom is 0.224 e. The Morgan fingerprint density at radius 3 is 2.89 bits per heavy atom. The summed E-state index contributed by atoms with van der Waals surface area (Å²) in [7, 11) is 0. The number of aryl methyl sites for hydroxylation is 1. The van der Waals surface area contributed by atoms with Crippen LogP contribution in [0.15, 0.2) is 24.3 Å². The number of rotatable bonds is 5. The zero-order valence-electron chi connectivity index (χ0n) is 10.8. The number of hydrogen-bond donors (Lipinski definition) is 3. The number of H-pyrrole nitrogens is 1. The van der Waals surface area contributed by atoms with Crippen LogP contribution in [0.4, 0.5) is 5.69 Å². The van der Waals surface area contributed by atoms with Crippen LogP contribution < -0.4 is 11.1 Å². The van der Waals surface area contributed by atoms with Crippen molar-refractivity contribution in [2.45, 2.75) is 19.8 Å². The van der Waals surface area contributed by atoms with Crippen LogP contribution >= 0.6 is 0 Å². The highest BCUT2D eigenvalue weighted by molar-refractivity contribution is 5.94. The Morgan fingerprint density at radius 1 is 1.42 bits per heavy atom. The molecule has 0 unspecified atom stereocenters. The number of hydrogen-bond acceptors (Lipinski definition) is 4. The van der Waals surface area contributed by atoms with Crippen LogP contribution in [0.2, 0.25) is 0 Å². The monoisotopic (exact) mass is 259 g/mol. The van der Waals surface area contributed by atoms with E-state index in [9.17, 15) is 4.79 Å². The molecule has 0 radical (unpaired) electrons. The van der Waals surface area contributed by atoms with E-state index in [0.717, 1.165) is 11.4 Å². The van der Waals surface area contributed by atoms with Gasteiger partial charge in [0.15, 0.2) is 5.82 Å². The molecule has 0 saturated heterocycles. The molecular formula is C13H17N5O. The van der Waals surface area contributed by atoms with E-state index >= 15 is 0 Å². The summed E-state index contributed by atoms with van der Waals surface area (Å²) >= 11 is 0. The smallest absolute Gasteiger partial charge is 0.224 e. The van der Waals surface area contributed by atoms with E-state index in [1.165, 1.54) is 0 Å². The Bertz CT molecular complexity index is 564. The van der Waals surface area contributed by atoms with Gasteiger partial charge in [-0.25, -0.2) is 4.98 Å². The summed E-state index contributed by atoms with van der Waals surface area (Å²) < 4.78 is 0. The molecule has 0 atom stereocenters. The van der Waals surface area contributed by atoms with Gasteiger partial charge in [0.2, 0.25) is 5.91 Å². The number of nitrogens with two attached hydrogens (primary N) is 1. The first-order valence-corrected chi connectivity index (χ1v) is 6.19. The van der Waals surface area contributed by atoms with Crippen molar-refractivity contribution in [1.82, 2.24) is 15.2 Å². The van der Waals surface area contributed by atoms with Crippen LogP contribution in [-0.4, -0.2) is 27.6 Å². The van der Waals surface area contributed by atoms with Crippen molar-refractivity contribution < 1.29 is 4.79 Å². The number of aromatic nitrogens is 3. The Balaban J connectivity index is 2.19. The largest absolute Gasteiger partial charge is 0.330 e. The Kier molecular flexibility index (Phi) is 4.25. The first-order valence-electron chi connectivity index (χ1n) is 6.19. The normalized spacial score (nSPS) is 10.4. The summed E-state index contributed by atoms with van der Waals surface area (Å²) in [4.78, 5) is 16.0. The molecular weight excluding hydrogens is 242 g/mol. The molecule has 2 rings (SSSR count). The topological polar surface area (TPSA) is 96.7 Å². The minimum absolute atomic E-state index is 0.0508. The van der Waals surface area contributed by atoms with Gasteiger partial charge in [-0.15, -0.1) is 0 Å². The van der Waals surface area contributed by atoms with Crippen molar-refractivity contribution in [3.63, 3.8) is 0 Å². The summed E-state index contributed by atoms with van der Waals surface area (Å²) in [5.74, 6) is 1.26. The van der Waals surface area contributed by atoms with Gasteiger partial charge in [0.25, 0.3) is 0 Å². The highest BCUT2D eigenvalue weighted by Crippen LogP contribution is 2.24. The predicted octanol–water partition coefficient (Wildman–Crippen LogP) is 1.46. The van der Waals surface area contributed by atoms with Crippen molar-refractivity contribution >= 4 is 11.6 Å². The van der Waals surface area contributed by atoms with Crippen molar-refractivity contribution in [2.75, 3.05) is 11.9 Å². The third kappa shape index (κ3) is 3.38. The Labute approximate surface area is 111 Å². The number of carbonyl (C=O) groups excluding carboxylic acids is 1. The van der Waals surface area contributed by atoms with Gasteiger partial charge in [-0.05, 0) is 32.0 Å². The molecule has 0 saturated carbocycles. The fourth-order valence-corrected chi connectivity index (χ4v) is 1.73. The van der Waals surface area contributed by atoms with Crippen molar-refractivity contribution in [3.8, 4) is 11.4 Å². The molecule has 0 aliphatic rings. The van der Waals surface area contributed by atoms with Gasteiger partial charge in [-0.1, -0.05) is 12.1 Å². The number of nitrogens with one attached hydrogen (secondary N) is 2. The number of nitrogens with zero attached hydrogens (tertiary/aromatic N) is 2. The van der Waals surface area contributed by atoms with Crippen LogP contribution in [0, 0.1) is 6.92 Å². The van der Waals surface area contributed by atoms with Crippen molar-refractivity contribution in [3.05, 3.63) is 30.1 Å². The Morgan fingerprint density at radius 2 is 2.21 bits per heavy atom. The first-order chi connectivity index (χ1) is 9.20. The highest BCUT2D eigenvalue weighted by Gasteiger charge is 2.11. The predicted molar refractivity (Wildman–Crippen MR) is 73.5 cm³/mol. The minimum Gasteiger partial charge on any atom is -0.330 e. The highest BCUT2D eigenvalue weighted by atomic mass is 16.1. The molecule has 0 fully saturated rings. The molecule has 0 spiro atoms. The average molecular weight is 259 g/mol. The van der Waals surface area contributed by atoms with Gasteiger partial charge < -0.3 is 11.1 Å². The molecule has 1 aromatic heterocycles. The van der Waals surface area contributed by atoms with Gasteiger partial charge in [0.05, 0.1) is 5.69 Å². The van der Waals surface area contributed by atoms with Crippen LogP contribution in [0.1, 0.15) is 18.7 Å². The maximum atomic E-state index is 11.7. The van der Waals surface area contributed by atoms with E-state index in [-0.39, 0.29) is 5.91 Å². The second kappa shape index (κ2) is 6.10. The lowest BCUT2D eigenvalue weighted by molar-refractivity contribution is -0.116. The minimum atomic E-state index is -0.0508. The maximum absolute atomic E-state index is 11.7. The molecule has 0 aliphatic heterocycles. The van der Waals surface area contributed by atoms with E-state index < -0.39 is 0 Å². The number of benzene rings is 1. The molecule has 4 N–H and O–H groups in total. The SMILES string of the molecule is Cc1nc(-c2ccccc2NC(=O)CCCN)n[nH]1. The summed E-state index contributed by atoms with van der Waals surface area (Å²) in [6, 6.07) is 7.46. The molecule has 0 aliphatic carbocycles. The summed E-state index contributed by atoms with van der Waals surface area (Å²) in [5, 5.41) is 9.77. The van der Waals surface area contributed by atoms with Gasteiger partial charge in [0.1, 0.15) is 5.82 Å². The third-order valence-corrected chi connectivity index (χ3v) is 2.65. The summed E-state index contributed by atoms with van der Waals surface area (Å²) in [5.41, 5.74) is 6.90. The number of para-hydroxylation sites is 1. The lowest BCUT2D eigenvalue weighted by atomic mass is 10.1. The molecule has 1 heterocycles. The standard InChI is InChI=1S/C13H17N5O/c1-9-15-13(18-17-9)10-5-2-3-6-11(10)16-12(19)7-4-8-14/h2-3,5-6H,4,7-8,14H2,1H3,(H,16,19)(H,15,17,18). The number of carbonyl (C=O) groups is 1. The van der Waals surface area contributed by atoms with Crippen LogP contribution in [-0.2, 0) is 4.79 Å². The zero-order valence-corrected chi connectivity index (χ0v) is 10.8. The Hall–Kier alpha value is -2.21. The molecule has 2 aromatic rings. The van der Waals surface area contributed by atoms with Gasteiger partial charge in [0, 0.05) is 12.0 Å². The average Bonchev–Trinajstić information content (AvgIpc) is 2.83. The fraction of sp³-hybridized carbons (Fsp3) is 0.308. The van der Waals surface area contributed by atoms with Gasteiger partial charge in [-0.3, -0.25) is 9.89 Å². The van der Waals surface area contributed by atoms with E-state index in [1.54, 1.807) is 0 Å². The molecule has 1 aromatic carbocycles. The zero-order chi connectivity index (χ0) is 13.7. The van der Waals surface area contributed by atoms with Crippen LogP contribution in [0.25, 0.3) is 11.4 Å². The molecule has 6 heteroatoms. The van der Waals surface area contributed by atoms with Crippen molar-refractivity contribution in [2.24, 2.45) is 5.73 Å². The molecule has 19 heavy (non-hydrogen) atoms. The quantitative estimate of drug-likeness (QED) is 0.757. The second-order valence-corrected chi connectivity index (χ2v) is 4.23. The molecule has 1 amide bonds. The molecule has 6 nitrogen and oxygen atoms in total. The summed E-state index contributed by atoms with van der Waals surface area (Å²) in [6.45, 7) is 2.34. The van der Waals surface area contributed by atoms with Gasteiger partial charge >= 0.3 is 0 Å². The van der Waals surface area contributed by atoms with E-state index in [0.29, 0.717) is 30.9 Å². The van der Waals surface area contributed by atoms with E-state index in [4.69, 9.17) is 5.73 Å². The van der Waals surface area contributed by atoms with E-state index in [2.05, 4.69) is 20.5 Å². The first kappa shape index (κ1) is 13.2. The number of anilines is 1. The van der Waals surface area contributed by atoms with Crippen molar-refractivity contribution in [1.29, 1.82) is 0 Å². The lowest BCUT2D eigenvalue weighted by Gasteiger charge is -2.08. The summed E-state index contributed by atoms with van der Waals surface area (Å²) in [6.07, 6.45) is 1.09. The third-order valence-electron chi connectivity index (χ3n) is 2.65. The van der Waals surface area contributed by atoms with Crippen LogP contribution in [0.5, 0.6) is 0 Å². The number of aromatic amines is 1. The number of amides is 1. The van der Waals surface area contributed by atoms with Crippen LogP contribution in [0.3, 0.4) is 0 Å². The molecule has 100 valence electrons. The second-order valence-electron chi connectivity index (χ2n) is 4.23. The molecule has 0 bridgehead atoms. The van der Waals surface area contributed by atoms with Gasteiger partial charge in [-0.2, -0.15) is 5.10 Å².